The van der Waals surface area contributed by atoms with Gasteiger partial charge < -0.3 is 5.11 Å². The average Bonchev–Trinajstić information content (AvgIpc) is 2.53. The maximum atomic E-state index is 9.94. The second kappa shape index (κ2) is 9.32. The number of nitrogens with zero attached hydrogens (tertiary/aromatic N) is 1. The normalized spacial score (nSPS) is 20.6. The van der Waals surface area contributed by atoms with Crippen molar-refractivity contribution in [2.45, 2.75) is 51.6 Å². The highest BCUT2D eigenvalue weighted by atomic mass is 32.2. The number of aliphatic hydroxyl groups excluding tert-OH is 1. The number of unbranched alkanes of at least 4 members (excludes halogenated alkanes) is 3. The molecule has 2 nitrogen and oxygen atoms in total. The van der Waals surface area contributed by atoms with E-state index >= 15 is 0 Å². The Labute approximate surface area is 105 Å². The summed E-state index contributed by atoms with van der Waals surface area (Å²) in [5, 5.41) is 9.94. The van der Waals surface area contributed by atoms with Gasteiger partial charge in [-0.2, -0.15) is 11.8 Å². The summed E-state index contributed by atoms with van der Waals surface area (Å²) in [7, 11) is 0. The molecule has 0 spiro atoms. The van der Waals surface area contributed by atoms with E-state index in [0.717, 1.165) is 19.5 Å². The Hall–Kier alpha value is 0.270. The molecule has 1 N–H and O–H groups in total. The molecule has 0 amide bonds. The third-order valence-electron chi connectivity index (χ3n) is 3.17. The summed E-state index contributed by atoms with van der Waals surface area (Å²) in [6.45, 7) is 5.47. The molecule has 1 heterocycles. The van der Waals surface area contributed by atoms with E-state index in [0.29, 0.717) is 0 Å². The van der Waals surface area contributed by atoms with Crippen molar-refractivity contribution in [3.8, 4) is 0 Å². The molecule has 96 valence electrons. The first kappa shape index (κ1) is 14.3. The van der Waals surface area contributed by atoms with E-state index in [2.05, 4.69) is 11.8 Å². The van der Waals surface area contributed by atoms with Crippen molar-refractivity contribution in [1.82, 2.24) is 4.90 Å². The third kappa shape index (κ3) is 6.77. The summed E-state index contributed by atoms with van der Waals surface area (Å²) in [6.07, 6.45) is 7.24. The summed E-state index contributed by atoms with van der Waals surface area (Å²) in [5.41, 5.74) is 0. The number of hydrogen-bond donors (Lipinski definition) is 1. The first-order valence-corrected chi connectivity index (χ1v) is 7.96. The van der Waals surface area contributed by atoms with Gasteiger partial charge in [0, 0.05) is 18.8 Å². The molecule has 0 aliphatic carbocycles. The molecule has 0 bridgehead atoms. The zero-order valence-electron chi connectivity index (χ0n) is 10.7. The van der Waals surface area contributed by atoms with Crippen molar-refractivity contribution in [3.05, 3.63) is 0 Å². The number of aliphatic hydroxyl groups is 1. The summed E-state index contributed by atoms with van der Waals surface area (Å²) < 4.78 is 0. The smallest absolute Gasteiger partial charge is 0.0667 e. The van der Waals surface area contributed by atoms with Crippen LogP contribution in [0.1, 0.15) is 45.4 Å². The van der Waals surface area contributed by atoms with Crippen LogP contribution in [0.2, 0.25) is 0 Å². The van der Waals surface area contributed by atoms with Gasteiger partial charge >= 0.3 is 0 Å². The van der Waals surface area contributed by atoms with Crippen LogP contribution in [-0.2, 0) is 0 Å². The average molecular weight is 245 g/mol. The Morgan fingerprint density at radius 3 is 2.88 bits per heavy atom. The maximum absolute atomic E-state index is 9.94. The summed E-state index contributed by atoms with van der Waals surface area (Å²) in [4.78, 5) is 2.44. The van der Waals surface area contributed by atoms with Crippen LogP contribution in [0.15, 0.2) is 0 Å². The Bertz CT molecular complexity index is 158. The molecular formula is C13H27NOS. The highest BCUT2D eigenvalue weighted by Crippen LogP contribution is 2.12. The molecule has 3 heteroatoms. The van der Waals surface area contributed by atoms with E-state index in [1.807, 2.05) is 11.8 Å². The zero-order valence-corrected chi connectivity index (χ0v) is 11.5. The number of hydrogen-bond acceptors (Lipinski definition) is 3. The van der Waals surface area contributed by atoms with Gasteiger partial charge in [-0.15, -0.1) is 0 Å². The molecule has 1 atom stereocenters. The number of thioether (sulfide) groups is 1. The summed E-state index contributed by atoms with van der Waals surface area (Å²) in [5.74, 6) is 2.53. The molecule has 1 aliphatic rings. The predicted molar refractivity (Wildman–Crippen MR) is 73.1 cm³/mol. The van der Waals surface area contributed by atoms with Crippen LogP contribution in [0.25, 0.3) is 0 Å². The van der Waals surface area contributed by atoms with E-state index in [9.17, 15) is 5.11 Å². The van der Waals surface area contributed by atoms with Crippen LogP contribution >= 0.6 is 11.8 Å². The van der Waals surface area contributed by atoms with Crippen molar-refractivity contribution in [2.24, 2.45) is 0 Å². The minimum absolute atomic E-state index is 0.0973. The lowest BCUT2D eigenvalue weighted by Gasteiger charge is -2.22. The van der Waals surface area contributed by atoms with Crippen molar-refractivity contribution >= 4 is 11.8 Å². The molecular weight excluding hydrogens is 218 g/mol. The minimum atomic E-state index is -0.0973. The lowest BCUT2D eigenvalue weighted by molar-refractivity contribution is 0.107. The van der Waals surface area contributed by atoms with Crippen molar-refractivity contribution in [3.63, 3.8) is 0 Å². The molecule has 0 aromatic heterocycles. The van der Waals surface area contributed by atoms with Gasteiger partial charge in [-0.05, 0) is 25.1 Å². The van der Waals surface area contributed by atoms with Crippen LogP contribution in [0.4, 0.5) is 0 Å². The van der Waals surface area contributed by atoms with E-state index in [1.54, 1.807) is 0 Å². The van der Waals surface area contributed by atoms with Crippen LogP contribution in [-0.4, -0.2) is 47.3 Å². The van der Waals surface area contributed by atoms with Gasteiger partial charge in [0.1, 0.15) is 0 Å². The summed E-state index contributed by atoms with van der Waals surface area (Å²) in [6, 6.07) is 0. The SMILES string of the molecule is CCCCCC[C@@H](O)CN1CCCSCC1. The van der Waals surface area contributed by atoms with Gasteiger partial charge in [-0.3, -0.25) is 4.90 Å². The largest absolute Gasteiger partial charge is 0.392 e. The predicted octanol–water partition coefficient (Wildman–Crippen LogP) is 2.76. The standard InChI is InChI=1S/C13H27NOS/c1-2-3-4-5-7-13(15)12-14-8-6-10-16-11-9-14/h13,15H,2-12H2,1H3/t13-/m1/s1. The van der Waals surface area contributed by atoms with Crippen molar-refractivity contribution < 1.29 is 5.11 Å². The molecule has 0 radical (unpaired) electrons. The van der Waals surface area contributed by atoms with E-state index in [1.165, 1.54) is 50.2 Å². The maximum Gasteiger partial charge on any atom is 0.0667 e. The fourth-order valence-electron chi connectivity index (χ4n) is 2.18. The quantitative estimate of drug-likeness (QED) is 0.698. The van der Waals surface area contributed by atoms with Crippen LogP contribution in [0.3, 0.4) is 0 Å². The van der Waals surface area contributed by atoms with Crippen LogP contribution in [0.5, 0.6) is 0 Å². The lowest BCUT2D eigenvalue weighted by Crippen LogP contribution is -2.34. The highest BCUT2D eigenvalue weighted by molar-refractivity contribution is 7.99. The Kier molecular flexibility index (Phi) is 8.34. The molecule has 0 saturated carbocycles. The van der Waals surface area contributed by atoms with Gasteiger partial charge in [0.05, 0.1) is 6.10 Å². The summed E-state index contributed by atoms with van der Waals surface area (Å²) >= 11 is 2.05. The fraction of sp³-hybridized carbons (Fsp3) is 1.00. The highest BCUT2D eigenvalue weighted by Gasteiger charge is 2.13. The van der Waals surface area contributed by atoms with Crippen molar-refractivity contribution in [1.29, 1.82) is 0 Å². The van der Waals surface area contributed by atoms with Gasteiger partial charge in [-0.1, -0.05) is 32.6 Å². The Balaban J connectivity index is 2.04. The number of rotatable bonds is 7. The molecule has 0 unspecified atom stereocenters. The van der Waals surface area contributed by atoms with Gasteiger partial charge in [0.15, 0.2) is 0 Å². The third-order valence-corrected chi connectivity index (χ3v) is 4.22. The Morgan fingerprint density at radius 2 is 2.06 bits per heavy atom. The van der Waals surface area contributed by atoms with Crippen LogP contribution < -0.4 is 0 Å². The van der Waals surface area contributed by atoms with Gasteiger partial charge in [-0.25, -0.2) is 0 Å². The van der Waals surface area contributed by atoms with E-state index in [4.69, 9.17) is 0 Å². The van der Waals surface area contributed by atoms with Gasteiger partial charge in [0.2, 0.25) is 0 Å². The molecule has 0 aromatic rings. The molecule has 1 saturated heterocycles. The van der Waals surface area contributed by atoms with Crippen LogP contribution in [0, 0.1) is 0 Å². The minimum Gasteiger partial charge on any atom is -0.392 e. The second-order valence-corrected chi connectivity index (χ2v) is 5.99. The number of β-amino-alcohol motifs (C(OH)–C–C–N with tert-alkyl or cyclic N) is 1. The molecule has 1 fully saturated rings. The second-order valence-electron chi connectivity index (χ2n) is 4.77. The van der Waals surface area contributed by atoms with E-state index in [-0.39, 0.29) is 6.10 Å². The zero-order chi connectivity index (χ0) is 11.6. The molecule has 1 rings (SSSR count). The van der Waals surface area contributed by atoms with Crippen molar-refractivity contribution in [2.75, 3.05) is 31.1 Å². The van der Waals surface area contributed by atoms with E-state index < -0.39 is 0 Å². The molecule has 1 aliphatic heterocycles. The topological polar surface area (TPSA) is 23.5 Å². The first-order chi connectivity index (χ1) is 7.83. The first-order valence-electron chi connectivity index (χ1n) is 6.81. The monoisotopic (exact) mass is 245 g/mol. The molecule has 16 heavy (non-hydrogen) atoms. The lowest BCUT2D eigenvalue weighted by atomic mass is 10.1. The fourth-order valence-corrected chi connectivity index (χ4v) is 3.10. The van der Waals surface area contributed by atoms with Gasteiger partial charge in [0.25, 0.3) is 0 Å². The Morgan fingerprint density at radius 1 is 1.19 bits per heavy atom. The molecule has 0 aromatic carbocycles.